The molecule has 0 radical (unpaired) electrons. The average molecular weight is 208 g/mol. The minimum Gasteiger partial charge on any atom is -0.464 e. The van der Waals surface area contributed by atoms with Crippen LogP contribution in [0.1, 0.15) is 0 Å². The van der Waals surface area contributed by atoms with Crippen LogP contribution >= 0.6 is 0 Å². The van der Waals surface area contributed by atoms with Gasteiger partial charge in [-0.2, -0.15) is 0 Å². The zero-order valence-electron chi connectivity index (χ0n) is 8.44. The van der Waals surface area contributed by atoms with E-state index < -0.39 is 0 Å². The SMILES string of the molecule is c1cc2cc3cc4ccoc4cc3cc2o1. The molecular weight excluding hydrogens is 200 g/mol. The normalized spacial score (nSPS) is 11.8. The van der Waals surface area contributed by atoms with Gasteiger partial charge in [0.25, 0.3) is 0 Å². The van der Waals surface area contributed by atoms with E-state index >= 15 is 0 Å². The van der Waals surface area contributed by atoms with E-state index in [1.54, 1.807) is 12.5 Å². The summed E-state index contributed by atoms with van der Waals surface area (Å²) in [6, 6.07) is 12.3. The Balaban J connectivity index is 2.26. The van der Waals surface area contributed by atoms with Gasteiger partial charge in [0.2, 0.25) is 0 Å². The Morgan fingerprint density at radius 2 is 1.06 bits per heavy atom. The fraction of sp³-hybridized carbons (Fsp3) is 0. The van der Waals surface area contributed by atoms with Crippen LogP contribution in [0.5, 0.6) is 0 Å². The van der Waals surface area contributed by atoms with Crippen molar-refractivity contribution in [2.45, 2.75) is 0 Å². The van der Waals surface area contributed by atoms with Gasteiger partial charge in [-0.15, -0.1) is 0 Å². The maximum Gasteiger partial charge on any atom is 0.134 e. The van der Waals surface area contributed by atoms with Crippen molar-refractivity contribution >= 4 is 32.7 Å². The number of fused-ring (bicyclic) bond motifs is 3. The summed E-state index contributed by atoms with van der Waals surface area (Å²) in [5.41, 5.74) is 1.83. The van der Waals surface area contributed by atoms with E-state index in [-0.39, 0.29) is 0 Å². The largest absolute Gasteiger partial charge is 0.464 e. The molecule has 0 aliphatic rings. The molecule has 0 atom stereocenters. The van der Waals surface area contributed by atoms with Crippen LogP contribution in [0.4, 0.5) is 0 Å². The van der Waals surface area contributed by atoms with Crippen molar-refractivity contribution in [2.75, 3.05) is 0 Å². The molecule has 2 nitrogen and oxygen atoms in total. The second kappa shape index (κ2) is 2.67. The third kappa shape index (κ3) is 0.959. The summed E-state index contributed by atoms with van der Waals surface area (Å²) in [4.78, 5) is 0. The van der Waals surface area contributed by atoms with Crippen molar-refractivity contribution in [3.63, 3.8) is 0 Å². The highest BCUT2D eigenvalue weighted by molar-refractivity contribution is 6.02. The summed E-state index contributed by atoms with van der Waals surface area (Å²) in [5.74, 6) is 0. The van der Waals surface area contributed by atoms with E-state index in [2.05, 4.69) is 12.1 Å². The van der Waals surface area contributed by atoms with Crippen LogP contribution in [0.2, 0.25) is 0 Å². The van der Waals surface area contributed by atoms with Crippen molar-refractivity contribution in [2.24, 2.45) is 0 Å². The van der Waals surface area contributed by atoms with Gasteiger partial charge < -0.3 is 8.83 Å². The third-order valence-corrected chi connectivity index (χ3v) is 2.98. The molecule has 0 unspecified atom stereocenters. The van der Waals surface area contributed by atoms with Crippen LogP contribution in [-0.4, -0.2) is 0 Å². The molecule has 16 heavy (non-hydrogen) atoms. The van der Waals surface area contributed by atoms with Gasteiger partial charge in [0, 0.05) is 10.8 Å². The van der Waals surface area contributed by atoms with Gasteiger partial charge in [0.1, 0.15) is 11.2 Å². The van der Waals surface area contributed by atoms with Crippen LogP contribution in [0.25, 0.3) is 32.7 Å². The van der Waals surface area contributed by atoms with Crippen LogP contribution in [0.15, 0.2) is 57.8 Å². The highest BCUT2D eigenvalue weighted by Crippen LogP contribution is 2.28. The zero-order chi connectivity index (χ0) is 10.5. The molecule has 0 aliphatic carbocycles. The summed E-state index contributed by atoms with van der Waals surface area (Å²) in [7, 11) is 0. The average Bonchev–Trinajstić information content (AvgIpc) is 2.89. The van der Waals surface area contributed by atoms with Crippen molar-refractivity contribution in [3.8, 4) is 0 Å². The molecule has 2 heteroatoms. The number of hydrogen-bond acceptors (Lipinski definition) is 2. The van der Waals surface area contributed by atoms with E-state index in [0.717, 1.165) is 27.3 Å². The van der Waals surface area contributed by atoms with Gasteiger partial charge in [-0.05, 0) is 47.2 Å². The molecule has 0 N–H and O–H groups in total. The lowest BCUT2D eigenvalue weighted by Crippen LogP contribution is -1.73. The molecule has 0 bridgehead atoms. The highest BCUT2D eigenvalue weighted by atomic mass is 16.3. The molecule has 2 aromatic heterocycles. The maximum absolute atomic E-state index is 5.39. The van der Waals surface area contributed by atoms with E-state index in [4.69, 9.17) is 8.83 Å². The van der Waals surface area contributed by atoms with Crippen molar-refractivity contribution in [3.05, 3.63) is 48.9 Å². The highest BCUT2D eigenvalue weighted by Gasteiger charge is 2.03. The lowest BCUT2D eigenvalue weighted by atomic mass is 10.1. The lowest BCUT2D eigenvalue weighted by molar-refractivity contribution is 0.615. The summed E-state index contributed by atoms with van der Waals surface area (Å²) >= 11 is 0. The fourth-order valence-electron chi connectivity index (χ4n) is 2.17. The minimum atomic E-state index is 0.915. The zero-order valence-corrected chi connectivity index (χ0v) is 8.44. The van der Waals surface area contributed by atoms with Crippen molar-refractivity contribution in [1.29, 1.82) is 0 Å². The van der Waals surface area contributed by atoms with E-state index in [0.29, 0.717) is 0 Å². The second-order valence-corrected chi connectivity index (χ2v) is 3.97. The number of rotatable bonds is 0. The van der Waals surface area contributed by atoms with Crippen LogP contribution in [0.3, 0.4) is 0 Å². The Kier molecular flexibility index (Phi) is 1.33. The summed E-state index contributed by atoms with van der Waals surface area (Å²) < 4.78 is 10.8. The summed E-state index contributed by atoms with van der Waals surface area (Å²) in [6.45, 7) is 0. The first-order valence-electron chi connectivity index (χ1n) is 5.18. The molecule has 0 saturated heterocycles. The van der Waals surface area contributed by atoms with Crippen LogP contribution in [-0.2, 0) is 0 Å². The molecule has 2 heterocycles. The molecule has 0 aliphatic heterocycles. The Morgan fingerprint density at radius 3 is 1.62 bits per heavy atom. The number of hydrogen-bond donors (Lipinski definition) is 0. The Bertz CT molecular complexity index is 675. The first kappa shape index (κ1) is 7.99. The standard InChI is InChI=1S/C14H8O2/c1-3-15-13-7-12-8-14-10(2-4-16-14)6-11(12)5-9(1)13/h1-8H. The Hall–Kier alpha value is -2.22. The summed E-state index contributed by atoms with van der Waals surface area (Å²) in [6.07, 6.45) is 3.43. The van der Waals surface area contributed by atoms with Gasteiger partial charge >= 0.3 is 0 Å². The minimum absolute atomic E-state index is 0.915. The lowest BCUT2D eigenvalue weighted by Gasteiger charge is -1.98. The van der Waals surface area contributed by atoms with Gasteiger partial charge in [-0.1, -0.05) is 0 Å². The van der Waals surface area contributed by atoms with Gasteiger partial charge in [-0.3, -0.25) is 0 Å². The topological polar surface area (TPSA) is 26.3 Å². The van der Waals surface area contributed by atoms with Gasteiger partial charge in [-0.25, -0.2) is 0 Å². The van der Waals surface area contributed by atoms with Crippen molar-refractivity contribution < 1.29 is 8.83 Å². The van der Waals surface area contributed by atoms with Gasteiger partial charge in [0.15, 0.2) is 0 Å². The monoisotopic (exact) mass is 208 g/mol. The van der Waals surface area contributed by atoms with Gasteiger partial charge in [0.05, 0.1) is 12.5 Å². The molecule has 4 aromatic rings. The molecular formula is C14H8O2. The van der Waals surface area contributed by atoms with E-state index in [9.17, 15) is 0 Å². The van der Waals surface area contributed by atoms with E-state index in [1.165, 1.54) is 5.39 Å². The Morgan fingerprint density at radius 1 is 0.562 bits per heavy atom. The molecule has 0 saturated carbocycles. The number of benzene rings is 2. The Labute approximate surface area is 91.1 Å². The first-order valence-corrected chi connectivity index (χ1v) is 5.18. The summed E-state index contributed by atoms with van der Waals surface area (Å²) in [5, 5.41) is 4.62. The van der Waals surface area contributed by atoms with E-state index in [1.807, 2.05) is 24.3 Å². The predicted molar refractivity (Wildman–Crippen MR) is 63.5 cm³/mol. The third-order valence-electron chi connectivity index (χ3n) is 2.98. The van der Waals surface area contributed by atoms with Crippen LogP contribution < -0.4 is 0 Å². The second-order valence-electron chi connectivity index (χ2n) is 3.97. The van der Waals surface area contributed by atoms with Crippen molar-refractivity contribution in [1.82, 2.24) is 0 Å². The molecule has 76 valence electrons. The molecule has 2 aromatic carbocycles. The molecule has 4 rings (SSSR count). The molecule has 0 amide bonds. The molecule has 0 fully saturated rings. The maximum atomic E-state index is 5.39. The quantitative estimate of drug-likeness (QED) is 0.430. The van der Waals surface area contributed by atoms with Crippen LogP contribution in [0, 0.1) is 0 Å². The fourth-order valence-corrected chi connectivity index (χ4v) is 2.17. The predicted octanol–water partition coefficient (Wildman–Crippen LogP) is 4.33. The first-order chi connectivity index (χ1) is 7.90. The number of furan rings is 2. The molecule has 0 spiro atoms. The smallest absolute Gasteiger partial charge is 0.134 e.